The highest BCUT2D eigenvalue weighted by atomic mass is 19.1. The van der Waals surface area contributed by atoms with Gasteiger partial charge < -0.3 is 4.74 Å². The molecule has 2 aliphatic carbocycles. The summed E-state index contributed by atoms with van der Waals surface area (Å²) in [6, 6.07) is 1.46. The van der Waals surface area contributed by atoms with Crippen molar-refractivity contribution in [2.24, 2.45) is 17.8 Å². The fraction of sp³-hybridized carbons (Fsp3) is 0.727. The van der Waals surface area contributed by atoms with Crippen molar-refractivity contribution in [1.82, 2.24) is 0 Å². The van der Waals surface area contributed by atoms with Gasteiger partial charge in [0.15, 0.2) is 5.83 Å². The molecule has 0 radical (unpaired) electrons. The van der Waals surface area contributed by atoms with Gasteiger partial charge in [-0.25, -0.2) is 0 Å². The number of hydrogen-bond acceptors (Lipinski definition) is 3. The summed E-state index contributed by atoms with van der Waals surface area (Å²) in [7, 11) is 0. The highest BCUT2D eigenvalue weighted by molar-refractivity contribution is 5.72. The molecule has 0 spiro atoms. The number of carbonyl (C=O) groups excluding carboxylic acids is 1. The normalized spacial score (nSPS) is 30.1. The van der Waals surface area contributed by atoms with Crippen LogP contribution in [0.4, 0.5) is 4.39 Å². The van der Waals surface area contributed by atoms with Gasteiger partial charge in [0.2, 0.25) is 0 Å². The van der Waals surface area contributed by atoms with Crippen LogP contribution in [0.15, 0.2) is 24.1 Å². The van der Waals surface area contributed by atoms with Gasteiger partial charge in [-0.15, -0.1) is 0 Å². The van der Waals surface area contributed by atoms with Crippen LogP contribution in [0.25, 0.3) is 0 Å². The maximum Gasteiger partial charge on any atom is 0.309 e. The summed E-state index contributed by atoms with van der Waals surface area (Å²) in [5, 5.41) is 8.37. The van der Waals surface area contributed by atoms with Crippen LogP contribution in [0.2, 0.25) is 0 Å². The minimum absolute atomic E-state index is 0.0111. The lowest BCUT2D eigenvalue weighted by atomic mass is 9.80. The molecule has 2 saturated carbocycles. The van der Waals surface area contributed by atoms with Crippen LogP contribution in [0.3, 0.4) is 0 Å². The van der Waals surface area contributed by atoms with Gasteiger partial charge in [0, 0.05) is 0 Å². The fourth-order valence-corrected chi connectivity index (χ4v) is 4.17. The summed E-state index contributed by atoms with van der Waals surface area (Å²) in [6.45, 7) is 2.23. The molecular formula is C22H32FNO2. The zero-order valence-corrected chi connectivity index (χ0v) is 16.0. The van der Waals surface area contributed by atoms with Crippen LogP contribution < -0.4 is 0 Å². The molecule has 0 amide bonds. The van der Waals surface area contributed by atoms with E-state index in [0.29, 0.717) is 5.92 Å². The summed E-state index contributed by atoms with van der Waals surface area (Å²) in [5.74, 6) is 0.526. The first-order chi connectivity index (χ1) is 12.6. The highest BCUT2D eigenvalue weighted by Crippen LogP contribution is 2.34. The molecule has 4 heteroatoms. The number of ether oxygens (including phenoxy) is 1. The first-order valence-electron chi connectivity index (χ1n) is 10.3. The SMILES string of the molecule is CCCCC1CCC(C(=O)OC2CCC(C=CC=C(F)C#N)CC2)CC1. The molecule has 0 aliphatic heterocycles. The van der Waals surface area contributed by atoms with Crippen molar-refractivity contribution in [3.05, 3.63) is 24.1 Å². The summed E-state index contributed by atoms with van der Waals surface area (Å²) in [5.41, 5.74) is 0. The molecular weight excluding hydrogens is 329 g/mol. The first-order valence-corrected chi connectivity index (χ1v) is 10.3. The number of unbranched alkanes of at least 4 members (excludes halogenated alkanes) is 1. The predicted octanol–water partition coefficient (Wildman–Crippen LogP) is 6.02. The Bertz CT molecular complexity index is 533. The molecule has 2 rings (SSSR count). The molecule has 0 bridgehead atoms. The van der Waals surface area contributed by atoms with Gasteiger partial charge in [0.25, 0.3) is 0 Å². The Hall–Kier alpha value is -1.63. The van der Waals surface area contributed by atoms with E-state index < -0.39 is 5.83 Å². The minimum atomic E-state index is -0.770. The van der Waals surface area contributed by atoms with Crippen LogP contribution in [0.5, 0.6) is 0 Å². The number of hydrogen-bond donors (Lipinski definition) is 0. The number of allylic oxidation sites excluding steroid dienone is 4. The molecule has 3 nitrogen and oxygen atoms in total. The molecule has 0 atom stereocenters. The van der Waals surface area contributed by atoms with Gasteiger partial charge in [0.05, 0.1) is 5.92 Å². The van der Waals surface area contributed by atoms with Crippen molar-refractivity contribution in [3.8, 4) is 6.07 Å². The standard InChI is InChI=1S/C22H32FNO2/c1-2-3-5-17-8-12-19(13-9-17)22(25)26-21-14-10-18(11-15-21)6-4-7-20(23)16-24/h4,6-7,17-19,21H,2-3,5,8-15H2,1H3. The average molecular weight is 362 g/mol. The third kappa shape index (κ3) is 6.94. The number of esters is 1. The van der Waals surface area contributed by atoms with E-state index in [1.165, 1.54) is 44.2 Å². The van der Waals surface area contributed by atoms with E-state index in [1.807, 2.05) is 6.08 Å². The van der Waals surface area contributed by atoms with E-state index in [4.69, 9.17) is 10.00 Å². The summed E-state index contributed by atoms with van der Waals surface area (Å²) >= 11 is 0. The van der Waals surface area contributed by atoms with Crippen LogP contribution >= 0.6 is 0 Å². The minimum Gasteiger partial charge on any atom is -0.462 e. The second-order valence-corrected chi connectivity index (χ2v) is 7.84. The monoisotopic (exact) mass is 361 g/mol. The Labute approximate surface area is 157 Å². The molecule has 0 N–H and O–H groups in total. The maximum absolute atomic E-state index is 12.7. The van der Waals surface area contributed by atoms with Gasteiger partial charge >= 0.3 is 5.97 Å². The van der Waals surface area contributed by atoms with Gasteiger partial charge in [-0.1, -0.05) is 38.3 Å². The number of halogens is 1. The lowest BCUT2D eigenvalue weighted by Crippen LogP contribution is -2.29. The van der Waals surface area contributed by atoms with Crippen LogP contribution in [0.1, 0.15) is 77.6 Å². The Morgan fingerprint density at radius 2 is 1.85 bits per heavy atom. The van der Waals surface area contributed by atoms with E-state index in [0.717, 1.165) is 44.4 Å². The number of carbonyl (C=O) groups is 1. The van der Waals surface area contributed by atoms with E-state index in [9.17, 15) is 9.18 Å². The Morgan fingerprint density at radius 3 is 2.46 bits per heavy atom. The average Bonchev–Trinajstić information content (AvgIpc) is 2.68. The number of nitrogens with zero attached hydrogens (tertiary/aromatic N) is 1. The molecule has 0 saturated heterocycles. The zero-order valence-electron chi connectivity index (χ0n) is 16.0. The Balaban J connectivity index is 1.66. The number of nitriles is 1. The lowest BCUT2D eigenvalue weighted by Gasteiger charge is -2.31. The highest BCUT2D eigenvalue weighted by Gasteiger charge is 2.30. The maximum atomic E-state index is 12.7. The van der Waals surface area contributed by atoms with Crippen LogP contribution in [-0.2, 0) is 9.53 Å². The van der Waals surface area contributed by atoms with Crippen LogP contribution in [-0.4, -0.2) is 12.1 Å². The number of rotatable bonds is 7. The van der Waals surface area contributed by atoms with Crippen molar-refractivity contribution >= 4 is 5.97 Å². The Morgan fingerprint density at radius 1 is 1.15 bits per heavy atom. The molecule has 2 aliphatic rings. The molecule has 144 valence electrons. The summed E-state index contributed by atoms with van der Waals surface area (Å²) < 4.78 is 18.5. The summed E-state index contributed by atoms with van der Waals surface area (Å²) in [6.07, 6.45) is 16.6. The molecule has 0 aromatic rings. The fourth-order valence-electron chi connectivity index (χ4n) is 4.17. The molecule has 0 unspecified atom stereocenters. The quantitative estimate of drug-likeness (QED) is 0.316. The van der Waals surface area contributed by atoms with Gasteiger partial charge in [-0.3, -0.25) is 4.79 Å². The topological polar surface area (TPSA) is 50.1 Å². The van der Waals surface area contributed by atoms with Gasteiger partial charge in [-0.2, -0.15) is 9.65 Å². The molecule has 0 aromatic carbocycles. The predicted molar refractivity (Wildman–Crippen MR) is 101 cm³/mol. The third-order valence-corrected chi connectivity index (χ3v) is 5.88. The molecule has 0 aromatic heterocycles. The van der Waals surface area contributed by atoms with E-state index in [1.54, 1.807) is 6.08 Å². The smallest absolute Gasteiger partial charge is 0.309 e. The van der Waals surface area contributed by atoms with Crippen molar-refractivity contribution in [2.75, 3.05) is 0 Å². The van der Waals surface area contributed by atoms with E-state index >= 15 is 0 Å². The van der Waals surface area contributed by atoms with Crippen molar-refractivity contribution in [2.45, 2.75) is 83.7 Å². The van der Waals surface area contributed by atoms with E-state index in [2.05, 4.69) is 6.92 Å². The van der Waals surface area contributed by atoms with E-state index in [-0.39, 0.29) is 18.0 Å². The third-order valence-electron chi connectivity index (χ3n) is 5.88. The summed E-state index contributed by atoms with van der Waals surface area (Å²) in [4.78, 5) is 12.4. The molecule has 2 fully saturated rings. The van der Waals surface area contributed by atoms with Gasteiger partial charge in [-0.05, 0) is 69.3 Å². The van der Waals surface area contributed by atoms with Crippen molar-refractivity contribution in [1.29, 1.82) is 5.26 Å². The second kappa shape index (κ2) is 11.2. The van der Waals surface area contributed by atoms with Crippen molar-refractivity contribution < 1.29 is 13.9 Å². The Kier molecular flexibility index (Phi) is 8.88. The van der Waals surface area contributed by atoms with Crippen LogP contribution in [0, 0.1) is 29.1 Å². The lowest BCUT2D eigenvalue weighted by molar-refractivity contribution is -0.157. The zero-order chi connectivity index (χ0) is 18.8. The largest absolute Gasteiger partial charge is 0.462 e. The molecule has 0 heterocycles. The second-order valence-electron chi connectivity index (χ2n) is 7.84. The van der Waals surface area contributed by atoms with Crippen molar-refractivity contribution in [3.63, 3.8) is 0 Å². The van der Waals surface area contributed by atoms with Gasteiger partial charge in [0.1, 0.15) is 12.2 Å². The first kappa shape index (κ1) is 20.7. The molecule has 26 heavy (non-hydrogen) atoms.